The van der Waals surface area contributed by atoms with E-state index in [0.29, 0.717) is 0 Å². The number of amides is 1. The number of allylic oxidation sites excluding steroid dienone is 1. The first kappa shape index (κ1) is 10.7. The van der Waals surface area contributed by atoms with Crippen LogP contribution in [0.1, 0.15) is 20.3 Å². The molecule has 3 heteroatoms. The fourth-order valence-corrected chi connectivity index (χ4v) is 1.90. The van der Waals surface area contributed by atoms with Crippen molar-refractivity contribution in [2.75, 3.05) is 16.8 Å². The van der Waals surface area contributed by atoms with Crippen molar-refractivity contribution < 1.29 is 4.79 Å². The number of carbonyl (C=O) groups excluding carboxylic acids is 1. The molecular weight excluding hydrogens is 200 g/mol. The van der Waals surface area contributed by atoms with Gasteiger partial charge < -0.3 is 10.2 Å². The number of hydrogen-bond donors (Lipinski definition) is 1. The Morgan fingerprint density at radius 3 is 2.81 bits per heavy atom. The Kier molecular flexibility index (Phi) is 2.95. The SMILES string of the molecule is CCCN1C(=O)C=C(C)Nc2ccccc21. The zero-order valence-electron chi connectivity index (χ0n) is 9.66. The highest BCUT2D eigenvalue weighted by Crippen LogP contribution is 2.29. The molecule has 1 heterocycles. The second kappa shape index (κ2) is 4.39. The molecule has 0 aliphatic carbocycles. The largest absolute Gasteiger partial charge is 0.357 e. The lowest BCUT2D eigenvalue weighted by atomic mass is 10.2. The fourth-order valence-electron chi connectivity index (χ4n) is 1.90. The Morgan fingerprint density at radius 2 is 2.06 bits per heavy atom. The second-order valence-corrected chi connectivity index (χ2v) is 3.96. The van der Waals surface area contributed by atoms with Crippen molar-refractivity contribution in [1.82, 2.24) is 0 Å². The van der Waals surface area contributed by atoms with Crippen molar-refractivity contribution in [3.8, 4) is 0 Å². The van der Waals surface area contributed by atoms with E-state index < -0.39 is 0 Å². The van der Waals surface area contributed by atoms with Crippen LogP contribution in [0.2, 0.25) is 0 Å². The first-order valence-corrected chi connectivity index (χ1v) is 5.58. The number of anilines is 2. The highest BCUT2D eigenvalue weighted by Gasteiger charge is 2.19. The minimum absolute atomic E-state index is 0.0526. The van der Waals surface area contributed by atoms with Crippen molar-refractivity contribution in [3.05, 3.63) is 36.0 Å². The van der Waals surface area contributed by atoms with E-state index in [4.69, 9.17) is 0 Å². The number of nitrogens with one attached hydrogen (secondary N) is 1. The Labute approximate surface area is 95.8 Å². The van der Waals surface area contributed by atoms with E-state index >= 15 is 0 Å². The number of fused-ring (bicyclic) bond motifs is 1. The van der Waals surface area contributed by atoms with E-state index in [1.807, 2.05) is 36.1 Å². The average molecular weight is 216 g/mol. The molecule has 1 aliphatic heterocycles. The van der Waals surface area contributed by atoms with Gasteiger partial charge in [0.05, 0.1) is 11.4 Å². The molecule has 0 bridgehead atoms. The molecule has 0 saturated heterocycles. The van der Waals surface area contributed by atoms with Crippen LogP contribution in [0.3, 0.4) is 0 Å². The summed E-state index contributed by atoms with van der Waals surface area (Å²) in [6.07, 6.45) is 2.60. The van der Waals surface area contributed by atoms with Gasteiger partial charge in [-0.05, 0) is 25.5 Å². The summed E-state index contributed by atoms with van der Waals surface area (Å²) in [7, 11) is 0. The van der Waals surface area contributed by atoms with E-state index in [9.17, 15) is 4.79 Å². The molecular formula is C13H16N2O. The van der Waals surface area contributed by atoms with Gasteiger partial charge in [0.1, 0.15) is 0 Å². The van der Waals surface area contributed by atoms with Gasteiger partial charge in [-0.1, -0.05) is 19.1 Å². The minimum atomic E-state index is 0.0526. The molecule has 0 radical (unpaired) electrons. The summed E-state index contributed by atoms with van der Waals surface area (Å²) in [5.41, 5.74) is 2.84. The maximum atomic E-state index is 12.0. The summed E-state index contributed by atoms with van der Waals surface area (Å²) >= 11 is 0. The lowest BCUT2D eigenvalue weighted by molar-refractivity contribution is -0.114. The van der Waals surface area contributed by atoms with Crippen LogP contribution in [-0.2, 0) is 4.79 Å². The third kappa shape index (κ3) is 1.94. The van der Waals surface area contributed by atoms with Gasteiger partial charge in [0.25, 0.3) is 5.91 Å². The number of hydrogen-bond acceptors (Lipinski definition) is 2. The monoisotopic (exact) mass is 216 g/mol. The Balaban J connectivity index is 2.47. The van der Waals surface area contributed by atoms with Gasteiger partial charge in [-0.2, -0.15) is 0 Å². The van der Waals surface area contributed by atoms with Crippen LogP contribution >= 0.6 is 0 Å². The highest BCUT2D eigenvalue weighted by atomic mass is 16.2. The predicted octanol–water partition coefficient (Wildman–Crippen LogP) is 2.76. The number of carbonyl (C=O) groups is 1. The summed E-state index contributed by atoms with van der Waals surface area (Å²) in [6.45, 7) is 4.73. The van der Waals surface area contributed by atoms with Crippen molar-refractivity contribution in [2.24, 2.45) is 0 Å². The Morgan fingerprint density at radius 1 is 1.31 bits per heavy atom. The topological polar surface area (TPSA) is 32.3 Å². The summed E-state index contributed by atoms with van der Waals surface area (Å²) < 4.78 is 0. The zero-order chi connectivity index (χ0) is 11.5. The molecule has 0 unspecified atom stereocenters. The van der Waals surface area contributed by atoms with Crippen LogP contribution < -0.4 is 10.2 Å². The molecule has 0 fully saturated rings. The van der Waals surface area contributed by atoms with Crippen LogP contribution in [0.25, 0.3) is 0 Å². The van der Waals surface area contributed by atoms with Crippen LogP contribution in [0.15, 0.2) is 36.0 Å². The van der Waals surface area contributed by atoms with E-state index in [1.54, 1.807) is 6.08 Å². The summed E-state index contributed by atoms with van der Waals surface area (Å²) in [5, 5.41) is 3.24. The molecule has 3 nitrogen and oxygen atoms in total. The quantitative estimate of drug-likeness (QED) is 0.824. The van der Waals surface area contributed by atoms with Gasteiger partial charge in [0, 0.05) is 18.3 Å². The van der Waals surface area contributed by atoms with Gasteiger partial charge in [-0.3, -0.25) is 4.79 Å². The molecule has 1 aromatic carbocycles. The number of para-hydroxylation sites is 2. The smallest absolute Gasteiger partial charge is 0.252 e. The normalized spacial score (nSPS) is 15.0. The van der Waals surface area contributed by atoms with E-state index in [0.717, 1.165) is 30.0 Å². The highest BCUT2D eigenvalue weighted by molar-refractivity contribution is 6.05. The molecule has 0 atom stereocenters. The molecule has 2 rings (SSSR count). The molecule has 1 amide bonds. The summed E-state index contributed by atoms with van der Waals surface area (Å²) in [6, 6.07) is 7.90. The van der Waals surface area contributed by atoms with E-state index in [1.165, 1.54) is 0 Å². The zero-order valence-corrected chi connectivity index (χ0v) is 9.66. The maximum absolute atomic E-state index is 12.0. The minimum Gasteiger partial charge on any atom is -0.357 e. The number of nitrogens with zero attached hydrogens (tertiary/aromatic N) is 1. The lowest BCUT2D eigenvalue weighted by Crippen LogP contribution is -2.29. The number of benzene rings is 1. The molecule has 0 aromatic heterocycles. The van der Waals surface area contributed by atoms with Crippen LogP contribution in [-0.4, -0.2) is 12.5 Å². The van der Waals surface area contributed by atoms with Gasteiger partial charge in [-0.15, -0.1) is 0 Å². The van der Waals surface area contributed by atoms with E-state index in [-0.39, 0.29) is 5.91 Å². The number of rotatable bonds is 2. The van der Waals surface area contributed by atoms with Gasteiger partial charge in [0.15, 0.2) is 0 Å². The van der Waals surface area contributed by atoms with Crippen molar-refractivity contribution in [1.29, 1.82) is 0 Å². The first-order valence-electron chi connectivity index (χ1n) is 5.58. The van der Waals surface area contributed by atoms with Crippen molar-refractivity contribution in [2.45, 2.75) is 20.3 Å². The van der Waals surface area contributed by atoms with Crippen LogP contribution in [0, 0.1) is 0 Å². The van der Waals surface area contributed by atoms with Crippen molar-refractivity contribution >= 4 is 17.3 Å². The van der Waals surface area contributed by atoms with Crippen molar-refractivity contribution in [3.63, 3.8) is 0 Å². The Hall–Kier alpha value is -1.77. The summed E-state index contributed by atoms with van der Waals surface area (Å²) in [4.78, 5) is 13.8. The lowest BCUT2D eigenvalue weighted by Gasteiger charge is -2.21. The Bertz CT molecular complexity index is 437. The van der Waals surface area contributed by atoms with Gasteiger partial charge in [0.2, 0.25) is 0 Å². The third-order valence-corrected chi connectivity index (χ3v) is 2.58. The van der Waals surface area contributed by atoms with E-state index in [2.05, 4.69) is 12.2 Å². The fraction of sp³-hybridized carbons (Fsp3) is 0.308. The molecule has 0 spiro atoms. The predicted molar refractivity (Wildman–Crippen MR) is 66.5 cm³/mol. The first-order chi connectivity index (χ1) is 7.72. The maximum Gasteiger partial charge on any atom is 0.252 e. The molecule has 0 saturated carbocycles. The molecule has 1 aliphatic rings. The summed E-state index contributed by atoms with van der Waals surface area (Å²) in [5.74, 6) is 0.0526. The van der Waals surface area contributed by atoms with Crippen LogP contribution in [0.4, 0.5) is 11.4 Å². The van der Waals surface area contributed by atoms with Gasteiger partial charge in [-0.25, -0.2) is 0 Å². The molecule has 1 N–H and O–H groups in total. The van der Waals surface area contributed by atoms with Gasteiger partial charge >= 0.3 is 0 Å². The standard InChI is InChI=1S/C13H16N2O/c1-3-8-15-12-7-5-4-6-11(12)14-10(2)9-13(15)16/h4-7,9,14H,3,8H2,1-2H3. The average Bonchev–Trinajstić information content (AvgIpc) is 2.37. The second-order valence-electron chi connectivity index (χ2n) is 3.96. The van der Waals surface area contributed by atoms with Crippen LogP contribution in [0.5, 0.6) is 0 Å². The third-order valence-electron chi connectivity index (χ3n) is 2.58. The molecule has 84 valence electrons. The molecule has 1 aromatic rings. The molecule has 16 heavy (non-hydrogen) atoms.